The lowest BCUT2D eigenvalue weighted by molar-refractivity contribution is 0.407. The standard InChI is InChI=1S/C9H7F2N3OS/c1-16-9(13-4-12)14-5-2-6(10)8(11)7(15)3-5/h2-3,15H,1H3,(H,13,14). The maximum Gasteiger partial charge on any atom is 0.200 e. The number of phenolic OH excluding ortho intramolecular Hbond substituents is 1. The van der Waals surface area contributed by atoms with Crippen molar-refractivity contribution in [3.63, 3.8) is 0 Å². The predicted octanol–water partition coefficient (Wildman–Crippen LogP) is 2.09. The number of amidine groups is 1. The summed E-state index contributed by atoms with van der Waals surface area (Å²) < 4.78 is 25.6. The average Bonchev–Trinajstić information content (AvgIpc) is 2.25. The number of hydrogen-bond donors (Lipinski definition) is 2. The summed E-state index contributed by atoms with van der Waals surface area (Å²) in [5.41, 5.74) is 0.0171. The number of hydrogen-bond acceptors (Lipinski definition) is 4. The molecule has 0 atom stereocenters. The van der Waals surface area contributed by atoms with Crippen molar-refractivity contribution in [1.29, 1.82) is 5.26 Å². The van der Waals surface area contributed by atoms with E-state index in [4.69, 9.17) is 10.4 Å². The van der Waals surface area contributed by atoms with Crippen molar-refractivity contribution in [3.8, 4) is 11.9 Å². The molecule has 0 saturated carbocycles. The first-order valence-electron chi connectivity index (χ1n) is 4.04. The van der Waals surface area contributed by atoms with Crippen molar-refractivity contribution in [3.05, 3.63) is 23.8 Å². The van der Waals surface area contributed by atoms with Crippen LogP contribution in [0.2, 0.25) is 0 Å². The number of aromatic hydroxyl groups is 1. The Morgan fingerprint density at radius 3 is 2.75 bits per heavy atom. The summed E-state index contributed by atoms with van der Waals surface area (Å²) in [5, 5.41) is 19.9. The van der Waals surface area contributed by atoms with Gasteiger partial charge in [0, 0.05) is 12.1 Å². The summed E-state index contributed by atoms with van der Waals surface area (Å²) in [4.78, 5) is 3.81. The van der Waals surface area contributed by atoms with Crippen LogP contribution in [0.4, 0.5) is 14.5 Å². The molecule has 0 aromatic heterocycles. The Hall–Kier alpha value is -1.81. The summed E-state index contributed by atoms with van der Waals surface area (Å²) >= 11 is 1.12. The molecule has 1 aromatic rings. The number of nitrogens with zero attached hydrogens (tertiary/aromatic N) is 2. The molecule has 0 amide bonds. The zero-order valence-electron chi connectivity index (χ0n) is 8.16. The van der Waals surface area contributed by atoms with Crippen LogP contribution in [-0.2, 0) is 0 Å². The zero-order valence-corrected chi connectivity index (χ0v) is 8.98. The van der Waals surface area contributed by atoms with Gasteiger partial charge in [0.05, 0.1) is 5.69 Å². The third-order valence-electron chi connectivity index (χ3n) is 1.58. The van der Waals surface area contributed by atoms with Gasteiger partial charge in [-0.3, -0.25) is 5.32 Å². The van der Waals surface area contributed by atoms with E-state index in [0.29, 0.717) is 0 Å². The summed E-state index contributed by atoms with van der Waals surface area (Å²) in [6.07, 6.45) is 3.30. The molecule has 0 radical (unpaired) electrons. The van der Waals surface area contributed by atoms with E-state index in [1.54, 1.807) is 12.4 Å². The number of halogens is 2. The fraction of sp³-hybridized carbons (Fsp3) is 0.111. The first kappa shape index (κ1) is 12.3. The molecule has 16 heavy (non-hydrogen) atoms. The SMILES string of the molecule is CSC(=Nc1cc(O)c(F)c(F)c1)NC#N. The minimum atomic E-state index is -1.32. The molecule has 0 bridgehead atoms. The Balaban J connectivity index is 3.11. The predicted molar refractivity (Wildman–Crippen MR) is 57.4 cm³/mol. The molecule has 4 nitrogen and oxygen atoms in total. The first-order chi connectivity index (χ1) is 7.58. The molecule has 0 fully saturated rings. The van der Waals surface area contributed by atoms with Gasteiger partial charge in [-0.2, -0.15) is 9.65 Å². The van der Waals surface area contributed by atoms with Crippen molar-refractivity contribution in [2.75, 3.05) is 6.26 Å². The molecule has 0 saturated heterocycles. The summed E-state index contributed by atoms with van der Waals surface area (Å²) in [7, 11) is 0. The molecular weight excluding hydrogens is 236 g/mol. The second kappa shape index (κ2) is 5.32. The van der Waals surface area contributed by atoms with E-state index in [2.05, 4.69) is 10.3 Å². The molecule has 7 heteroatoms. The van der Waals surface area contributed by atoms with E-state index in [-0.39, 0.29) is 10.9 Å². The molecule has 2 N–H and O–H groups in total. The van der Waals surface area contributed by atoms with Gasteiger partial charge < -0.3 is 5.11 Å². The van der Waals surface area contributed by atoms with Crippen molar-refractivity contribution < 1.29 is 13.9 Å². The second-order valence-electron chi connectivity index (χ2n) is 2.62. The number of rotatable bonds is 1. The Labute approximate surface area is 94.6 Å². The van der Waals surface area contributed by atoms with Gasteiger partial charge in [0.25, 0.3) is 0 Å². The van der Waals surface area contributed by atoms with E-state index >= 15 is 0 Å². The minimum Gasteiger partial charge on any atom is -0.505 e. The minimum absolute atomic E-state index is 0.0171. The van der Waals surface area contributed by atoms with E-state index in [0.717, 1.165) is 23.9 Å². The lowest BCUT2D eigenvalue weighted by atomic mass is 10.3. The molecule has 0 heterocycles. The lowest BCUT2D eigenvalue weighted by Gasteiger charge is -2.02. The van der Waals surface area contributed by atoms with Crippen LogP contribution in [0, 0.1) is 23.1 Å². The van der Waals surface area contributed by atoms with Crippen LogP contribution < -0.4 is 5.32 Å². The summed E-state index contributed by atoms with van der Waals surface area (Å²) in [6, 6.07) is 1.79. The topological polar surface area (TPSA) is 68.4 Å². The Bertz CT molecular complexity index is 447. The molecule has 0 aliphatic heterocycles. The van der Waals surface area contributed by atoms with E-state index in [9.17, 15) is 8.78 Å². The number of benzene rings is 1. The lowest BCUT2D eigenvalue weighted by Crippen LogP contribution is -2.12. The highest BCUT2D eigenvalue weighted by Gasteiger charge is 2.09. The van der Waals surface area contributed by atoms with Crippen LogP contribution in [0.5, 0.6) is 5.75 Å². The highest BCUT2D eigenvalue weighted by atomic mass is 32.2. The molecular formula is C9H7F2N3OS. The average molecular weight is 243 g/mol. The van der Waals surface area contributed by atoms with Gasteiger partial charge in [-0.1, -0.05) is 11.8 Å². The van der Waals surface area contributed by atoms with Crippen molar-refractivity contribution in [1.82, 2.24) is 5.32 Å². The zero-order chi connectivity index (χ0) is 12.1. The van der Waals surface area contributed by atoms with E-state index in [1.807, 2.05) is 0 Å². The largest absolute Gasteiger partial charge is 0.505 e. The van der Waals surface area contributed by atoms with Gasteiger partial charge in [-0.25, -0.2) is 9.38 Å². The van der Waals surface area contributed by atoms with Crippen molar-refractivity contribution >= 4 is 22.6 Å². The van der Waals surface area contributed by atoms with Gasteiger partial charge in [-0.05, 0) is 6.26 Å². The van der Waals surface area contributed by atoms with Crippen molar-refractivity contribution in [2.45, 2.75) is 0 Å². The molecule has 0 aliphatic rings. The molecule has 0 aliphatic carbocycles. The Morgan fingerprint density at radius 2 is 2.25 bits per heavy atom. The van der Waals surface area contributed by atoms with E-state index in [1.165, 1.54) is 0 Å². The fourth-order valence-electron chi connectivity index (χ4n) is 0.915. The summed E-state index contributed by atoms with van der Waals surface area (Å²) in [5.74, 6) is -3.34. The molecule has 1 rings (SSSR count). The highest BCUT2D eigenvalue weighted by Crippen LogP contribution is 2.26. The van der Waals surface area contributed by atoms with Gasteiger partial charge in [-0.15, -0.1) is 0 Å². The van der Waals surface area contributed by atoms with Crippen LogP contribution in [0.1, 0.15) is 0 Å². The highest BCUT2D eigenvalue weighted by molar-refractivity contribution is 8.13. The number of nitriles is 1. The number of nitrogens with one attached hydrogen (secondary N) is 1. The second-order valence-corrected chi connectivity index (χ2v) is 3.41. The smallest absolute Gasteiger partial charge is 0.200 e. The molecule has 84 valence electrons. The number of phenols is 1. The number of thioether (sulfide) groups is 1. The number of aliphatic imine (C=N–C) groups is 1. The van der Waals surface area contributed by atoms with Crippen molar-refractivity contribution in [2.24, 2.45) is 4.99 Å². The third-order valence-corrected chi connectivity index (χ3v) is 2.16. The molecule has 1 aromatic carbocycles. The maximum atomic E-state index is 12.9. The van der Waals surface area contributed by atoms with Crippen LogP contribution in [0.3, 0.4) is 0 Å². The first-order valence-corrected chi connectivity index (χ1v) is 5.26. The van der Waals surface area contributed by atoms with Crippen LogP contribution >= 0.6 is 11.8 Å². The Kier molecular flexibility index (Phi) is 4.08. The van der Waals surface area contributed by atoms with Gasteiger partial charge in [0.15, 0.2) is 28.7 Å². The molecule has 0 unspecified atom stereocenters. The molecule has 0 spiro atoms. The van der Waals surface area contributed by atoms with Gasteiger partial charge >= 0.3 is 0 Å². The fourth-order valence-corrected chi connectivity index (χ4v) is 1.26. The van der Waals surface area contributed by atoms with Gasteiger partial charge in [0.1, 0.15) is 0 Å². The summed E-state index contributed by atoms with van der Waals surface area (Å²) in [6.45, 7) is 0. The third kappa shape index (κ3) is 2.84. The quantitative estimate of drug-likeness (QED) is 0.343. The normalized spacial score (nSPS) is 11.0. The van der Waals surface area contributed by atoms with Gasteiger partial charge in [0.2, 0.25) is 0 Å². The Morgan fingerprint density at radius 1 is 1.56 bits per heavy atom. The van der Waals surface area contributed by atoms with E-state index < -0.39 is 17.4 Å². The van der Waals surface area contributed by atoms with Crippen LogP contribution in [-0.4, -0.2) is 16.5 Å². The monoisotopic (exact) mass is 243 g/mol. The van der Waals surface area contributed by atoms with Crippen LogP contribution in [0.15, 0.2) is 17.1 Å². The maximum absolute atomic E-state index is 12.9. The van der Waals surface area contributed by atoms with Crippen LogP contribution in [0.25, 0.3) is 0 Å².